The second-order valence-corrected chi connectivity index (χ2v) is 9.25. The van der Waals surface area contributed by atoms with Gasteiger partial charge < -0.3 is 9.47 Å². The number of fused-ring (bicyclic) bond motifs is 3. The Kier molecular flexibility index (Phi) is 6.64. The summed E-state index contributed by atoms with van der Waals surface area (Å²) in [7, 11) is 1.63. The lowest BCUT2D eigenvalue weighted by Crippen LogP contribution is -2.42. The molecule has 0 bridgehead atoms. The van der Waals surface area contributed by atoms with Crippen molar-refractivity contribution in [2.24, 2.45) is 4.99 Å². The highest BCUT2D eigenvalue weighted by atomic mass is 16.5. The molecule has 0 amide bonds. The lowest BCUT2D eigenvalue weighted by molar-refractivity contribution is 0.310. The molecule has 0 saturated heterocycles. The largest absolute Gasteiger partial charge is 0.493 e. The molecule has 1 aliphatic rings. The number of benzene rings is 2. The SMILES string of the molecule is CCOc1cc2c(cc1OC)-c1cc(=Nc3c(C)cc(C)cc3C)n(CCc3nn[nH]n3)c(=O)n1CC2. The van der Waals surface area contributed by atoms with Crippen LogP contribution < -0.4 is 20.7 Å². The summed E-state index contributed by atoms with van der Waals surface area (Å²) in [4.78, 5) is 18.9. The van der Waals surface area contributed by atoms with Crippen LogP contribution in [0, 0.1) is 20.8 Å². The maximum Gasteiger partial charge on any atom is 0.330 e. The van der Waals surface area contributed by atoms with Crippen LogP contribution in [-0.2, 0) is 25.9 Å². The van der Waals surface area contributed by atoms with E-state index < -0.39 is 0 Å². The van der Waals surface area contributed by atoms with Crippen molar-refractivity contribution < 1.29 is 9.47 Å². The Balaban J connectivity index is 1.73. The fraction of sp³-hybridized carbons (Fsp3) is 0.370. The normalized spacial score (nSPS) is 12.8. The maximum atomic E-state index is 13.9. The van der Waals surface area contributed by atoms with E-state index in [0.29, 0.717) is 55.3 Å². The number of nitrogens with zero attached hydrogens (tertiary/aromatic N) is 6. The van der Waals surface area contributed by atoms with Crippen LogP contribution in [0.1, 0.15) is 35.0 Å². The van der Waals surface area contributed by atoms with Gasteiger partial charge in [-0.2, -0.15) is 5.21 Å². The molecule has 1 aliphatic heterocycles. The van der Waals surface area contributed by atoms with Crippen LogP contribution in [0.3, 0.4) is 0 Å². The van der Waals surface area contributed by atoms with Crippen LogP contribution in [-0.4, -0.2) is 43.5 Å². The summed E-state index contributed by atoms with van der Waals surface area (Å²) >= 11 is 0. The molecule has 192 valence electrons. The number of hydrogen-bond acceptors (Lipinski definition) is 7. The minimum atomic E-state index is -0.124. The fourth-order valence-electron chi connectivity index (χ4n) is 5.04. The number of aromatic nitrogens is 6. The first-order valence-electron chi connectivity index (χ1n) is 12.4. The molecule has 0 saturated carbocycles. The van der Waals surface area contributed by atoms with E-state index in [1.165, 1.54) is 5.56 Å². The lowest BCUT2D eigenvalue weighted by Gasteiger charge is -2.25. The van der Waals surface area contributed by atoms with Crippen molar-refractivity contribution in [3.05, 3.63) is 74.4 Å². The van der Waals surface area contributed by atoms with Crippen LogP contribution in [0.2, 0.25) is 0 Å². The number of H-pyrrole nitrogens is 1. The van der Waals surface area contributed by atoms with Gasteiger partial charge in [0.05, 0.1) is 25.1 Å². The number of aryl methyl sites for hydroxylation is 5. The zero-order valence-corrected chi connectivity index (χ0v) is 21.8. The molecule has 0 unspecified atom stereocenters. The van der Waals surface area contributed by atoms with E-state index in [2.05, 4.69) is 39.7 Å². The first-order valence-corrected chi connectivity index (χ1v) is 12.4. The third kappa shape index (κ3) is 4.66. The van der Waals surface area contributed by atoms with Gasteiger partial charge in [0.15, 0.2) is 17.3 Å². The Hall–Kier alpha value is -4.21. The molecule has 10 heteroatoms. The standard InChI is InChI=1S/C27H31N7O3/c1-6-37-23-13-19-7-9-33-21(20(19)14-22(23)36-5)15-25(28-26-17(3)11-16(2)12-18(26)4)34(27(33)35)10-8-24-29-31-32-30-24/h11-15H,6-10H2,1-5H3,(H,29,30,31,32). The quantitative estimate of drug-likeness (QED) is 0.416. The van der Waals surface area contributed by atoms with Crippen LogP contribution in [0.25, 0.3) is 11.3 Å². The summed E-state index contributed by atoms with van der Waals surface area (Å²) in [6, 6.07) is 10.2. The molecule has 37 heavy (non-hydrogen) atoms. The lowest BCUT2D eigenvalue weighted by atomic mass is 9.97. The number of aromatic amines is 1. The van der Waals surface area contributed by atoms with Gasteiger partial charge in [-0.25, -0.2) is 9.79 Å². The Morgan fingerprint density at radius 1 is 1.08 bits per heavy atom. The van der Waals surface area contributed by atoms with Gasteiger partial charge in [-0.1, -0.05) is 22.9 Å². The van der Waals surface area contributed by atoms with Gasteiger partial charge >= 0.3 is 5.69 Å². The van der Waals surface area contributed by atoms with Crippen molar-refractivity contribution in [2.45, 2.75) is 53.6 Å². The fourth-order valence-corrected chi connectivity index (χ4v) is 5.04. The van der Waals surface area contributed by atoms with Crippen LogP contribution in [0.5, 0.6) is 11.5 Å². The molecule has 5 rings (SSSR count). The van der Waals surface area contributed by atoms with Crippen molar-refractivity contribution in [1.29, 1.82) is 0 Å². The predicted octanol–water partition coefficient (Wildman–Crippen LogP) is 3.19. The molecule has 1 N–H and O–H groups in total. The van der Waals surface area contributed by atoms with E-state index in [0.717, 1.165) is 33.6 Å². The van der Waals surface area contributed by atoms with Crippen molar-refractivity contribution in [2.75, 3.05) is 13.7 Å². The van der Waals surface area contributed by atoms with Gasteiger partial charge in [0, 0.05) is 31.1 Å². The third-order valence-electron chi connectivity index (χ3n) is 6.67. The Labute approximate surface area is 214 Å². The summed E-state index contributed by atoms with van der Waals surface area (Å²) in [5.74, 6) is 1.89. The Morgan fingerprint density at radius 3 is 2.54 bits per heavy atom. The highest BCUT2D eigenvalue weighted by molar-refractivity contribution is 5.70. The van der Waals surface area contributed by atoms with Crippen molar-refractivity contribution in [3.8, 4) is 22.8 Å². The van der Waals surface area contributed by atoms with Crippen LogP contribution in [0.4, 0.5) is 5.69 Å². The summed E-state index contributed by atoms with van der Waals surface area (Å²) in [5, 5.41) is 14.2. The van der Waals surface area contributed by atoms with E-state index in [-0.39, 0.29) is 5.69 Å². The molecular weight excluding hydrogens is 470 g/mol. The highest BCUT2D eigenvalue weighted by Gasteiger charge is 2.22. The van der Waals surface area contributed by atoms with E-state index in [9.17, 15) is 4.79 Å². The molecule has 4 aromatic rings. The molecule has 0 radical (unpaired) electrons. The molecule has 2 aromatic heterocycles. The summed E-state index contributed by atoms with van der Waals surface area (Å²) in [6.45, 7) is 9.59. The minimum absolute atomic E-state index is 0.124. The first-order chi connectivity index (χ1) is 17.9. The van der Waals surface area contributed by atoms with Crippen LogP contribution in [0.15, 0.2) is 40.1 Å². The van der Waals surface area contributed by atoms with Crippen molar-refractivity contribution >= 4 is 5.69 Å². The van der Waals surface area contributed by atoms with Crippen molar-refractivity contribution in [3.63, 3.8) is 0 Å². The average Bonchev–Trinajstić information content (AvgIpc) is 3.39. The topological polar surface area (TPSA) is 112 Å². The van der Waals surface area contributed by atoms with E-state index in [1.54, 1.807) is 11.7 Å². The number of methoxy groups -OCH3 is 1. The number of nitrogens with one attached hydrogen (secondary N) is 1. The molecule has 3 heterocycles. The van der Waals surface area contributed by atoms with Gasteiger partial charge in [0.1, 0.15) is 5.49 Å². The zero-order chi connectivity index (χ0) is 26.1. The summed E-state index contributed by atoms with van der Waals surface area (Å²) in [5.41, 5.74) is 7.48. The number of hydrogen-bond donors (Lipinski definition) is 1. The van der Waals surface area contributed by atoms with E-state index in [4.69, 9.17) is 14.5 Å². The van der Waals surface area contributed by atoms with E-state index in [1.807, 2.05) is 43.5 Å². The monoisotopic (exact) mass is 501 g/mol. The van der Waals surface area contributed by atoms with Gasteiger partial charge in [-0.15, -0.1) is 10.2 Å². The molecule has 0 atom stereocenters. The molecule has 0 spiro atoms. The zero-order valence-electron chi connectivity index (χ0n) is 21.8. The van der Waals surface area contributed by atoms with Gasteiger partial charge in [-0.3, -0.25) is 9.13 Å². The van der Waals surface area contributed by atoms with E-state index >= 15 is 0 Å². The molecule has 10 nitrogen and oxygen atoms in total. The average molecular weight is 502 g/mol. The smallest absolute Gasteiger partial charge is 0.330 e. The molecule has 2 aromatic carbocycles. The number of rotatable bonds is 7. The Bertz CT molecular complexity index is 1560. The van der Waals surface area contributed by atoms with Gasteiger partial charge in [0.25, 0.3) is 0 Å². The maximum absolute atomic E-state index is 13.9. The second kappa shape index (κ2) is 10.0. The first kappa shape index (κ1) is 24.5. The summed E-state index contributed by atoms with van der Waals surface area (Å²) < 4.78 is 14.9. The van der Waals surface area contributed by atoms with Gasteiger partial charge in [-0.05, 0) is 62.9 Å². The Morgan fingerprint density at radius 2 is 1.86 bits per heavy atom. The summed E-state index contributed by atoms with van der Waals surface area (Å²) in [6.07, 6.45) is 1.16. The molecule has 0 fully saturated rings. The van der Waals surface area contributed by atoms with Crippen molar-refractivity contribution in [1.82, 2.24) is 29.8 Å². The minimum Gasteiger partial charge on any atom is -0.493 e. The molecule has 0 aliphatic carbocycles. The highest BCUT2D eigenvalue weighted by Crippen LogP contribution is 2.37. The van der Waals surface area contributed by atoms with Crippen LogP contribution >= 0.6 is 0 Å². The second-order valence-electron chi connectivity index (χ2n) is 9.25. The third-order valence-corrected chi connectivity index (χ3v) is 6.67. The van der Waals surface area contributed by atoms with Gasteiger partial charge in [0.2, 0.25) is 0 Å². The number of tetrazole rings is 1. The predicted molar refractivity (Wildman–Crippen MR) is 139 cm³/mol. The number of ether oxygens (including phenoxy) is 2. The molecular formula is C27H31N7O3.